The molecule has 0 radical (unpaired) electrons. The number of rotatable bonds is 5. The van der Waals surface area contributed by atoms with Gasteiger partial charge in [0, 0.05) is 26.1 Å². The molecule has 2 aliphatic heterocycles. The van der Waals surface area contributed by atoms with E-state index in [0.29, 0.717) is 32.5 Å². The van der Waals surface area contributed by atoms with Crippen molar-refractivity contribution in [2.24, 2.45) is 5.92 Å². The van der Waals surface area contributed by atoms with E-state index >= 15 is 0 Å². The summed E-state index contributed by atoms with van der Waals surface area (Å²) in [5.41, 5.74) is 0.965. The minimum absolute atomic E-state index is 0.0692. The van der Waals surface area contributed by atoms with E-state index in [4.69, 9.17) is 4.74 Å². The topological polar surface area (TPSA) is 87.2 Å². The Balaban J connectivity index is 1.63. The van der Waals surface area contributed by atoms with Crippen molar-refractivity contribution in [1.29, 1.82) is 0 Å². The average Bonchev–Trinajstić information content (AvgIpc) is 3.22. The van der Waals surface area contributed by atoms with Crippen LogP contribution in [0.25, 0.3) is 0 Å². The summed E-state index contributed by atoms with van der Waals surface area (Å²) in [4.78, 5) is 39.3. The lowest BCUT2D eigenvalue weighted by molar-refractivity contribution is -0.149. The van der Waals surface area contributed by atoms with E-state index in [-0.39, 0.29) is 18.2 Å². The van der Waals surface area contributed by atoms with E-state index < -0.39 is 17.9 Å². The van der Waals surface area contributed by atoms with E-state index in [9.17, 15) is 19.5 Å². The zero-order valence-electron chi connectivity index (χ0n) is 14.2. The van der Waals surface area contributed by atoms with Crippen LogP contribution in [0.1, 0.15) is 24.8 Å². The van der Waals surface area contributed by atoms with Crippen LogP contribution in [0.4, 0.5) is 0 Å². The monoisotopic (exact) mass is 346 g/mol. The van der Waals surface area contributed by atoms with Crippen molar-refractivity contribution in [3.63, 3.8) is 0 Å². The Morgan fingerprint density at radius 2 is 2.00 bits per heavy atom. The Hall–Kier alpha value is -2.57. The molecule has 2 heterocycles. The lowest BCUT2D eigenvalue weighted by Gasteiger charge is -2.24. The minimum Gasteiger partial charge on any atom is -0.497 e. The van der Waals surface area contributed by atoms with E-state index in [1.54, 1.807) is 12.0 Å². The van der Waals surface area contributed by atoms with Gasteiger partial charge < -0.3 is 19.6 Å². The van der Waals surface area contributed by atoms with Gasteiger partial charge in [0.05, 0.1) is 13.0 Å². The second-order valence-electron chi connectivity index (χ2n) is 6.55. The zero-order chi connectivity index (χ0) is 18.0. The van der Waals surface area contributed by atoms with Crippen molar-refractivity contribution >= 4 is 17.8 Å². The van der Waals surface area contributed by atoms with Gasteiger partial charge in [0.1, 0.15) is 11.8 Å². The maximum absolute atomic E-state index is 12.7. The van der Waals surface area contributed by atoms with Crippen LogP contribution in [0.5, 0.6) is 5.75 Å². The molecule has 0 aliphatic carbocycles. The van der Waals surface area contributed by atoms with Crippen LogP contribution >= 0.6 is 0 Å². The first kappa shape index (κ1) is 17.3. The quantitative estimate of drug-likeness (QED) is 0.863. The molecule has 25 heavy (non-hydrogen) atoms. The molecule has 1 N–H and O–H groups in total. The summed E-state index contributed by atoms with van der Waals surface area (Å²) >= 11 is 0. The fourth-order valence-electron chi connectivity index (χ4n) is 3.56. The number of methoxy groups -OCH3 is 1. The Labute approximate surface area is 146 Å². The molecule has 2 aliphatic rings. The SMILES string of the molecule is COc1ccc(CN2CC(C(=O)N3CCC[C@@H]3C(=O)O)CC2=O)cc1. The third kappa shape index (κ3) is 3.60. The smallest absolute Gasteiger partial charge is 0.326 e. The van der Waals surface area contributed by atoms with Gasteiger partial charge in [0.15, 0.2) is 0 Å². The average molecular weight is 346 g/mol. The molecule has 0 saturated carbocycles. The van der Waals surface area contributed by atoms with Gasteiger partial charge in [-0.25, -0.2) is 4.79 Å². The van der Waals surface area contributed by atoms with Gasteiger partial charge in [-0.3, -0.25) is 9.59 Å². The first-order chi connectivity index (χ1) is 12.0. The molecule has 1 aromatic rings. The molecule has 1 aromatic carbocycles. The second kappa shape index (κ2) is 7.13. The van der Waals surface area contributed by atoms with Crippen LogP contribution in [-0.4, -0.2) is 58.9 Å². The molecule has 7 heteroatoms. The molecule has 1 unspecified atom stereocenters. The first-order valence-electron chi connectivity index (χ1n) is 8.43. The first-order valence-corrected chi connectivity index (χ1v) is 8.43. The Morgan fingerprint density at radius 3 is 2.64 bits per heavy atom. The fraction of sp³-hybridized carbons (Fsp3) is 0.500. The summed E-state index contributed by atoms with van der Waals surface area (Å²) in [5, 5.41) is 9.24. The summed E-state index contributed by atoms with van der Waals surface area (Å²) < 4.78 is 5.12. The number of ether oxygens (including phenoxy) is 1. The maximum atomic E-state index is 12.7. The van der Waals surface area contributed by atoms with Crippen LogP contribution in [0.15, 0.2) is 24.3 Å². The highest BCUT2D eigenvalue weighted by atomic mass is 16.5. The van der Waals surface area contributed by atoms with Crippen molar-refractivity contribution < 1.29 is 24.2 Å². The van der Waals surface area contributed by atoms with Gasteiger partial charge in [-0.1, -0.05) is 12.1 Å². The summed E-state index contributed by atoms with van der Waals surface area (Å²) in [5.74, 6) is -0.954. The van der Waals surface area contributed by atoms with Crippen molar-refractivity contribution in [3.8, 4) is 5.75 Å². The molecular formula is C18H22N2O5. The highest BCUT2D eigenvalue weighted by Crippen LogP contribution is 2.26. The molecule has 2 fully saturated rings. The van der Waals surface area contributed by atoms with E-state index in [0.717, 1.165) is 11.3 Å². The van der Waals surface area contributed by atoms with Crippen molar-refractivity contribution in [3.05, 3.63) is 29.8 Å². The van der Waals surface area contributed by atoms with Crippen LogP contribution < -0.4 is 4.74 Å². The number of benzene rings is 1. The zero-order valence-corrected chi connectivity index (χ0v) is 14.2. The van der Waals surface area contributed by atoms with E-state index in [1.165, 1.54) is 4.90 Å². The normalized spacial score (nSPS) is 23.2. The molecular weight excluding hydrogens is 324 g/mol. The maximum Gasteiger partial charge on any atom is 0.326 e. The number of hydrogen-bond donors (Lipinski definition) is 1. The van der Waals surface area contributed by atoms with Crippen LogP contribution in [-0.2, 0) is 20.9 Å². The molecule has 2 amide bonds. The third-order valence-electron chi connectivity index (χ3n) is 4.92. The van der Waals surface area contributed by atoms with E-state index in [2.05, 4.69) is 0 Å². The molecule has 0 bridgehead atoms. The Bertz CT molecular complexity index is 673. The molecule has 0 aromatic heterocycles. The fourth-order valence-corrected chi connectivity index (χ4v) is 3.56. The van der Waals surface area contributed by atoms with Gasteiger partial charge in [-0.2, -0.15) is 0 Å². The van der Waals surface area contributed by atoms with Crippen LogP contribution in [0.3, 0.4) is 0 Å². The van der Waals surface area contributed by atoms with Crippen LogP contribution in [0.2, 0.25) is 0 Å². The summed E-state index contributed by atoms with van der Waals surface area (Å²) in [7, 11) is 1.60. The predicted octanol–water partition coefficient (Wildman–Crippen LogP) is 1.12. The number of amides is 2. The van der Waals surface area contributed by atoms with Gasteiger partial charge >= 0.3 is 5.97 Å². The number of carbonyl (C=O) groups is 3. The summed E-state index contributed by atoms with van der Waals surface area (Å²) in [6.45, 7) is 1.24. The van der Waals surface area contributed by atoms with Crippen LogP contribution in [0, 0.1) is 5.92 Å². The number of hydrogen-bond acceptors (Lipinski definition) is 4. The van der Waals surface area contributed by atoms with Crippen molar-refractivity contribution in [2.45, 2.75) is 31.8 Å². The van der Waals surface area contributed by atoms with E-state index in [1.807, 2.05) is 24.3 Å². The van der Waals surface area contributed by atoms with Gasteiger partial charge in [0.2, 0.25) is 11.8 Å². The summed E-state index contributed by atoms with van der Waals surface area (Å²) in [6.07, 6.45) is 1.33. The lowest BCUT2D eigenvalue weighted by atomic mass is 10.1. The Kier molecular flexibility index (Phi) is 4.92. The molecule has 7 nitrogen and oxygen atoms in total. The van der Waals surface area contributed by atoms with Gasteiger partial charge in [-0.15, -0.1) is 0 Å². The molecule has 2 saturated heterocycles. The lowest BCUT2D eigenvalue weighted by Crippen LogP contribution is -2.44. The predicted molar refractivity (Wildman–Crippen MR) is 88.9 cm³/mol. The number of carboxylic acids is 1. The highest BCUT2D eigenvalue weighted by Gasteiger charge is 2.41. The number of carbonyl (C=O) groups excluding carboxylic acids is 2. The largest absolute Gasteiger partial charge is 0.497 e. The number of nitrogens with zero attached hydrogens (tertiary/aromatic N) is 2. The van der Waals surface area contributed by atoms with Gasteiger partial charge in [-0.05, 0) is 30.5 Å². The van der Waals surface area contributed by atoms with Gasteiger partial charge in [0.25, 0.3) is 0 Å². The molecule has 2 atom stereocenters. The molecule has 3 rings (SSSR count). The molecule has 0 spiro atoms. The minimum atomic E-state index is -0.967. The standard InChI is InChI=1S/C18H22N2O5/c1-25-14-6-4-12(5-7-14)10-19-11-13(9-16(19)21)17(22)20-8-2-3-15(20)18(23)24/h4-7,13,15H,2-3,8-11H2,1H3,(H,23,24)/t13?,15-/m1/s1. The van der Waals surface area contributed by atoms with Crippen molar-refractivity contribution in [1.82, 2.24) is 9.80 Å². The second-order valence-corrected chi connectivity index (χ2v) is 6.55. The van der Waals surface area contributed by atoms with Crippen molar-refractivity contribution in [2.75, 3.05) is 20.2 Å². The number of aliphatic carboxylic acids is 1. The third-order valence-corrected chi connectivity index (χ3v) is 4.92. The number of carboxylic acid groups (broad SMARTS) is 1. The number of likely N-dealkylation sites (tertiary alicyclic amines) is 2. The Morgan fingerprint density at radius 1 is 1.28 bits per heavy atom. The molecule has 134 valence electrons. The highest BCUT2D eigenvalue weighted by molar-refractivity contribution is 5.91. The summed E-state index contributed by atoms with van der Waals surface area (Å²) in [6, 6.07) is 6.70.